The molecule has 0 radical (unpaired) electrons. The van der Waals surface area contributed by atoms with Crippen LogP contribution < -0.4 is 5.73 Å². The monoisotopic (exact) mass is 264 g/mol. The molecule has 2 rings (SSSR count). The Bertz CT molecular complexity index is 463. The van der Waals surface area contributed by atoms with Crippen molar-refractivity contribution in [3.63, 3.8) is 0 Å². The molecule has 1 aliphatic heterocycles. The lowest BCUT2D eigenvalue weighted by molar-refractivity contribution is -0.122. The van der Waals surface area contributed by atoms with E-state index in [9.17, 15) is 14.7 Å². The highest BCUT2D eigenvalue weighted by atomic mass is 16.6. The van der Waals surface area contributed by atoms with Crippen molar-refractivity contribution in [1.82, 2.24) is 4.90 Å². The number of β-amino-alcohol motifs (C(OH)–C–C–N with tert-alkyl or cyclic N) is 1. The molecule has 2 atom stereocenters. The van der Waals surface area contributed by atoms with Crippen molar-refractivity contribution in [3.05, 3.63) is 35.9 Å². The molecule has 1 fully saturated rings. The quantitative estimate of drug-likeness (QED) is 0.818. The Balaban J connectivity index is 1.94. The zero-order valence-electron chi connectivity index (χ0n) is 10.4. The van der Waals surface area contributed by atoms with Crippen LogP contribution in [0.25, 0.3) is 0 Å². The number of carbonyl (C=O) groups excluding carboxylic acids is 2. The summed E-state index contributed by atoms with van der Waals surface area (Å²) in [6, 6.07) is 8.42. The summed E-state index contributed by atoms with van der Waals surface area (Å²) in [5, 5.41) is 9.50. The van der Waals surface area contributed by atoms with E-state index in [2.05, 4.69) is 0 Å². The molecule has 0 saturated carbocycles. The molecule has 2 amide bonds. The van der Waals surface area contributed by atoms with E-state index < -0.39 is 24.1 Å². The summed E-state index contributed by atoms with van der Waals surface area (Å²) in [7, 11) is 0. The number of ether oxygens (including phenoxy) is 1. The molecule has 6 heteroatoms. The van der Waals surface area contributed by atoms with E-state index in [-0.39, 0.29) is 19.6 Å². The SMILES string of the molecule is NC(=O)[C@@H]1C[C@@H](O)CN1C(=O)OCc1ccccc1. The van der Waals surface area contributed by atoms with Crippen molar-refractivity contribution in [2.75, 3.05) is 6.54 Å². The number of rotatable bonds is 3. The van der Waals surface area contributed by atoms with Crippen LogP contribution in [0.3, 0.4) is 0 Å². The highest BCUT2D eigenvalue weighted by molar-refractivity contribution is 5.85. The van der Waals surface area contributed by atoms with Gasteiger partial charge in [-0.1, -0.05) is 30.3 Å². The first-order valence-electron chi connectivity index (χ1n) is 6.02. The van der Waals surface area contributed by atoms with Gasteiger partial charge in [-0.25, -0.2) is 4.79 Å². The smallest absolute Gasteiger partial charge is 0.410 e. The Kier molecular flexibility index (Phi) is 4.01. The lowest BCUT2D eigenvalue weighted by Gasteiger charge is -2.21. The van der Waals surface area contributed by atoms with Crippen molar-refractivity contribution in [3.8, 4) is 0 Å². The summed E-state index contributed by atoms with van der Waals surface area (Å²) in [4.78, 5) is 24.2. The van der Waals surface area contributed by atoms with Gasteiger partial charge in [0.05, 0.1) is 12.6 Å². The van der Waals surface area contributed by atoms with Gasteiger partial charge in [-0.15, -0.1) is 0 Å². The standard InChI is InChI=1S/C13H16N2O4/c14-12(17)11-6-10(16)7-15(11)13(18)19-8-9-4-2-1-3-5-9/h1-5,10-11,16H,6-8H2,(H2,14,17)/t10-,11+/m1/s1. The largest absolute Gasteiger partial charge is 0.445 e. The second kappa shape index (κ2) is 5.71. The molecule has 19 heavy (non-hydrogen) atoms. The number of aliphatic hydroxyl groups excluding tert-OH is 1. The fourth-order valence-electron chi connectivity index (χ4n) is 2.09. The second-order valence-electron chi connectivity index (χ2n) is 4.50. The van der Waals surface area contributed by atoms with Gasteiger partial charge in [-0.2, -0.15) is 0 Å². The number of hydrogen-bond acceptors (Lipinski definition) is 4. The van der Waals surface area contributed by atoms with Crippen molar-refractivity contribution in [2.45, 2.75) is 25.2 Å². The molecular weight excluding hydrogens is 248 g/mol. The van der Waals surface area contributed by atoms with Gasteiger partial charge in [-0.3, -0.25) is 9.69 Å². The number of nitrogens with zero attached hydrogens (tertiary/aromatic N) is 1. The number of hydrogen-bond donors (Lipinski definition) is 2. The molecule has 0 aliphatic carbocycles. The van der Waals surface area contributed by atoms with Gasteiger partial charge in [0.1, 0.15) is 12.6 Å². The first-order valence-corrected chi connectivity index (χ1v) is 6.02. The molecular formula is C13H16N2O4. The van der Waals surface area contributed by atoms with Crippen LogP contribution in [0.15, 0.2) is 30.3 Å². The Hall–Kier alpha value is -2.08. The Labute approximate surface area is 110 Å². The predicted molar refractivity (Wildman–Crippen MR) is 66.9 cm³/mol. The minimum Gasteiger partial charge on any atom is -0.445 e. The van der Waals surface area contributed by atoms with Crippen molar-refractivity contribution in [2.24, 2.45) is 5.73 Å². The van der Waals surface area contributed by atoms with Gasteiger partial charge in [0.2, 0.25) is 5.91 Å². The van der Waals surface area contributed by atoms with Crippen molar-refractivity contribution >= 4 is 12.0 Å². The molecule has 0 aromatic heterocycles. The topological polar surface area (TPSA) is 92.9 Å². The number of benzene rings is 1. The third kappa shape index (κ3) is 3.23. The van der Waals surface area contributed by atoms with Crippen LogP contribution in [0.4, 0.5) is 4.79 Å². The fourth-order valence-corrected chi connectivity index (χ4v) is 2.09. The average Bonchev–Trinajstić information content (AvgIpc) is 2.79. The maximum atomic E-state index is 11.9. The van der Waals surface area contributed by atoms with Gasteiger partial charge >= 0.3 is 6.09 Å². The van der Waals surface area contributed by atoms with Gasteiger partial charge < -0.3 is 15.6 Å². The lowest BCUT2D eigenvalue weighted by Crippen LogP contribution is -2.43. The van der Waals surface area contributed by atoms with Gasteiger partial charge in [-0.05, 0) is 5.56 Å². The summed E-state index contributed by atoms with van der Waals surface area (Å²) in [6.07, 6.45) is -1.21. The Morgan fingerprint density at radius 3 is 2.68 bits per heavy atom. The molecule has 3 N–H and O–H groups in total. The fraction of sp³-hybridized carbons (Fsp3) is 0.385. The van der Waals surface area contributed by atoms with Crippen LogP contribution >= 0.6 is 0 Å². The normalized spacial score (nSPS) is 22.3. The van der Waals surface area contributed by atoms with E-state index in [1.165, 1.54) is 4.90 Å². The molecule has 1 aliphatic rings. The molecule has 1 aromatic rings. The number of amides is 2. The van der Waals surface area contributed by atoms with E-state index in [0.717, 1.165) is 5.56 Å². The summed E-state index contributed by atoms with van der Waals surface area (Å²) >= 11 is 0. The van der Waals surface area contributed by atoms with E-state index in [0.29, 0.717) is 0 Å². The Morgan fingerprint density at radius 1 is 1.37 bits per heavy atom. The van der Waals surface area contributed by atoms with Crippen molar-refractivity contribution < 1.29 is 19.4 Å². The third-order valence-corrected chi connectivity index (χ3v) is 3.05. The molecule has 1 heterocycles. The summed E-state index contributed by atoms with van der Waals surface area (Å²) in [5.74, 6) is -0.631. The zero-order valence-corrected chi connectivity index (χ0v) is 10.4. The van der Waals surface area contributed by atoms with Gasteiger partial charge in [0, 0.05) is 6.42 Å². The minimum atomic E-state index is -0.793. The van der Waals surface area contributed by atoms with Crippen LogP contribution in [-0.2, 0) is 16.1 Å². The molecule has 0 spiro atoms. The number of nitrogens with two attached hydrogens (primary N) is 1. The number of likely N-dealkylation sites (tertiary alicyclic amines) is 1. The first kappa shape index (κ1) is 13.4. The molecule has 0 unspecified atom stereocenters. The van der Waals surface area contributed by atoms with Crippen LogP contribution in [0.2, 0.25) is 0 Å². The van der Waals surface area contributed by atoms with Gasteiger partial charge in [0.25, 0.3) is 0 Å². The number of carbonyl (C=O) groups is 2. The molecule has 102 valence electrons. The summed E-state index contributed by atoms with van der Waals surface area (Å²) < 4.78 is 5.11. The first-order chi connectivity index (χ1) is 9.08. The molecule has 1 saturated heterocycles. The lowest BCUT2D eigenvalue weighted by atomic mass is 10.2. The highest BCUT2D eigenvalue weighted by Crippen LogP contribution is 2.19. The van der Waals surface area contributed by atoms with E-state index >= 15 is 0 Å². The predicted octanol–water partition coefficient (Wildman–Crippen LogP) is 0.244. The zero-order chi connectivity index (χ0) is 13.8. The van der Waals surface area contributed by atoms with E-state index in [1.54, 1.807) is 0 Å². The number of primary amides is 1. The average molecular weight is 264 g/mol. The third-order valence-electron chi connectivity index (χ3n) is 3.05. The van der Waals surface area contributed by atoms with E-state index in [1.807, 2.05) is 30.3 Å². The second-order valence-corrected chi connectivity index (χ2v) is 4.50. The van der Waals surface area contributed by atoms with Crippen molar-refractivity contribution in [1.29, 1.82) is 0 Å². The van der Waals surface area contributed by atoms with Crippen LogP contribution in [0.1, 0.15) is 12.0 Å². The van der Waals surface area contributed by atoms with E-state index in [4.69, 9.17) is 10.5 Å². The molecule has 0 bridgehead atoms. The summed E-state index contributed by atoms with van der Waals surface area (Å²) in [6.45, 7) is 0.193. The molecule has 6 nitrogen and oxygen atoms in total. The minimum absolute atomic E-state index is 0.0707. The number of aliphatic hydroxyl groups is 1. The molecule has 1 aromatic carbocycles. The summed E-state index contributed by atoms with van der Waals surface area (Å²) in [5.41, 5.74) is 6.05. The highest BCUT2D eigenvalue weighted by Gasteiger charge is 2.38. The van der Waals surface area contributed by atoms with Crippen LogP contribution in [-0.4, -0.2) is 40.7 Å². The maximum absolute atomic E-state index is 11.9. The van der Waals surface area contributed by atoms with Gasteiger partial charge in [0.15, 0.2) is 0 Å². The Morgan fingerprint density at radius 2 is 2.05 bits per heavy atom. The maximum Gasteiger partial charge on any atom is 0.410 e. The van der Waals surface area contributed by atoms with Crippen LogP contribution in [0.5, 0.6) is 0 Å². The van der Waals surface area contributed by atoms with Crippen LogP contribution in [0, 0.1) is 0 Å².